The number of primary amides is 1. The van der Waals surface area contributed by atoms with Crippen molar-refractivity contribution in [1.29, 1.82) is 0 Å². The van der Waals surface area contributed by atoms with Crippen molar-refractivity contribution >= 4 is 35.0 Å². The van der Waals surface area contributed by atoms with Gasteiger partial charge in [-0.3, -0.25) is 9.59 Å². The third kappa shape index (κ3) is 5.72. The van der Waals surface area contributed by atoms with Crippen LogP contribution in [-0.2, 0) is 20.7 Å². The van der Waals surface area contributed by atoms with Crippen molar-refractivity contribution in [2.75, 3.05) is 0 Å². The van der Waals surface area contributed by atoms with Gasteiger partial charge < -0.3 is 15.4 Å². The predicted molar refractivity (Wildman–Crippen MR) is 138 cm³/mol. The Bertz CT molecular complexity index is 1220. The number of carbonyl (C=O) groups excluding carboxylic acids is 2. The summed E-state index contributed by atoms with van der Waals surface area (Å²) in [5.41, 5.74) is 8.08. The molecule has 1 fully saturated rings. The molecule has 1 aliphatic heterocycles. The van der Waals surface area contributed by atoms with Gasteiger partial charge in [0.1, 0.15) is 24.1 Å². The molecule has 0 radical (unpaired) electrons. The Morgan fingerprint density at radius 2 is 1.72 bits per heavy atom. The summed E-state index contributed by atoms with van der Waals surface area (Å²) in [6.45, 7) is 1.93. The van der Waals surface area contributed by atoms with Gasteiger partial charge in [-0.25, -0.2) is 4.39 Å². The summed E-state index contributed by atoms with van der Waals surface area (Å²) >= 11 is 12.5. The first-order chi connectivity index (χ1) is 17.3. The molecule has 36 heavy (non-hydrogen) atoms. The quantitative estimate of drug-likeness (QED) is 0.387. The maximum Gasteiger partial charge on any atom is 0.253 e. The van der Waals surface area contributed by atoms with Crippen LogP contribution in [0.25, 0.3) is 0 Å². The van der Waals surface area contributed by atoms with E-state index >= 15 is 0 Å². The molecular formula is C28H27Cl2FN2O3. The van der Waals surface area contributed by atoms with Crippen molar-refractivity contribution in [2.45, 2.75) is 50.5 Å². The third-order valence-corrected chi connectivity index (χ3v) is 6.86. The normalized spacial score (nSPS) is 20.8. The summed E-state index contributed by atoms with van der Waals surface area (Å²) in [6.07, 6.45) is -0.307. The molecule has 0 unspecified atom stereocenters. The van der Waals surface area contributed by atoms with Crippen LogP contribution in [0.5, 0.6) is 0 Å². The lowest BCUT2D eigenvalue weighted by Gasteiger charge is -2.47. The Morgan fingerprint density at radius 3 is 2.33 bits per heavy atom. The van der Waals surface area contributed by atoms with Crippen molar-refractivity contribution in [1.82, 2.24) is 4.90 Å². The molecule has 2 amide bonds. The number of hydrogen-bond donors (Lipinski definition) is 1. The molecule has 8 heteroatoms. The topological polar surface area (TPSA) is 72.6 Å². The van der Waals surface area contributed by atoms with Gasteiger partial charge in [-0.05, 0) is 59.5 Å². The summed E-state index contributed by atoms with van der Waals surface area (Å²) in [7, 11) is 0. The second-order valence-corrected chi connectivity index (χ2v) is 9.75. The van der Waals surface area contributed by atoms with E-state index in [0.717, 1.165) is 16.7 Å². The summed E-state index contributed by atoms with van der Waals surface area (Å²) in [5.74, 6) is -1.31. The van der Waals surface area contributed by atoms with Gasteiger partial charge in [-0.2, -0.15) is 0 Å². The zero-order valence-corrected chi connectivity index (χ0v) is 21.3. The molecule has 0 aliphatic carbocycles. The van der Waals surface area contributed by atoms with Gasteiger partial charge in [0, 0.05) is 16.5 Å². The number of nitrogens with zero attached hydrogens (tertiary/aromatic N) is 1. The third-order valence-electron chi connectivity index (χ3n) is 6.38. The lowest BCUT2D eigenvalue weighted by molar-refractivity contribution is -0.181. The second-order valence-electron chi connectivity index (χ2n) is 8.88. The van der Waals surface area contributed by atoms with Crippen molar-refractivity contribution in [2.24, 2.45) is 5.73 Å². The average Bonchev–Trinajstić information content (AvgIpc) is 2.85. The molecule has 4 rings (SSSR count). The number of rotatable bonds is 8. The van der Waals surface area contributed by atoms with E-state index < -0.39 is 30.2 Å². The molecule has 0 aromatic heterocycles. The Hall–Kier alpha value is -2.93. The van der Waals surface area contributed by atoms with E-state index in [0.29, 0.717) is 22.9 Å². The van der Waals surface area contributed by atoms with Crippen LogP contribution in [0, 0.1) is 5.82 Å². The van der Waals surface area contributed by atoms with E-state index in [1.54, 1.807) is 41.3 Å². The van der Waals surface area contributed by atoms with Crippen molar-refractivity contribution in [3.63, 3.8) is 0 Å². The summed E-state index contributed by atoms with van der Waals surface area (Å²) in [4.78, 5) is 28.2. The van der Waals surface area contributed by atoms with Crippen molar-refractivity contribution in [3.8, 4) is 0 Å². The first kappa shape index (κ1) is 26.1. The van der Waals surface area contributed by atoms with Gasteiger partial charge in [0.15, 0.2) is 0 Å². The van der Waals surface area contributed by atoms with Gasteiger partial charge in [-0.1, -0.05) is 72.9 Å². The number of halogens is 3. The lowest BCUT2D eigenvalue weighted by atomic mass is 9.88. The van der Waals surface area contributed by atoms with Crippen LogP contribution < -0.4 is 5.73 Å². The van der Waals surface area contributed by atoms with E-state index in [1.807, 2.05) is 31.2 Å². The predicted octanol–water partition coefficient (Wildman–Crippen LogP) is 6.04. The van der Waals surface area contributed by atoms with E-state index in [9.17, 15) is 14.0 Å². The fraction of sp³-hybridized carbons (Fsp3) is 0.286. The number of morpholine rings is 1. The highest BCUT2D eigenvalue weighted by Gasteiger charge is 2.47. The second kappa shape index (κ2) is 11.4. The first-order valence-electron chi connectivity index (χ1n) is 11.8. The maximum atomic E-state index is 14.0. The molecule has 5 nitrogen and oxygen atoms in total. The molecule has 0 spiro atoms. The molecule has 1 aliphatic rings. The molecule has 3 aromatic carbocycles. The zero-order chi connectivity index (χ0) is 25.8. The van der Waals surface area contributed by atoms with Crippen LogP contribution in [0.15, 0.2) is 72.8 Å². The Morgan fingerprint density at radius 1 is 1.03 bits per heavy atom. The largest absolute Gasteiger partial charge is 0.368 e. The number of carbonyl (C=O) groups is 2. The van der Waals surface area contributed by atoms with Gasteiger partial charge >= 0.3 is 0 Å². The monoisotopic (exact) mass is 528 g/mol. The minimum Gasteiger partial charge on any atom is -0.368 e. The molecule has 188 valence electrons. The highest BCUT2D eigenvalue weighted by atomic mass is 35.5. The van der Waals surface area contributed by atoms with Crippen LogP contribution in [0.4, 0.5) is 4.39 Å². The summed E-state index contributed by atoms with van der Waals surface area (Å²) in [6, 6.07) is 18.8. The SMILES string of the molecule is CCC[C@@H](C(N)=O)N1C(=O)[C@H](Cc2ccc(F)cc2)O[C@@H](c2cccc(Cl)c2)[C@H]1c1ccc(Cl)cc1. The first-order valence-corrected chi connectivity index (χ1v) is 12.6. The number of amides is 2. The van der Waals surface area contributed by atoms with Crippen molar-refractivity contribution in [3.05, 3.63) is 105 Å². The molecule has 0 bridgehead atoms. The molecule has 3 aromatic rings. The van der Waals surface area contributed by atoms with E-state index in [-0.39, 0.29) is 18.1 Å². The fourth-order valence-corrected chi connectivity index (χ4v) is 5.03. The average molecular weight is 529 g/mol. The molecule has 1 heterocycles. The van der Waals surface area contributed by atoms with Crippen LogP contribution in [-0.4, -0.2) is 28.9 Å². The number of ether oxygens (including phenoxy) is 1. The standard InChI is InChI=1S/C28H27Cl2FN2O3/c1-2-4-23(27(32)34)33-25(18-9-11-20(29)12-10-18)26(19-5-3-6-21(30)16-19)36-24(28(33)35)15-17-7-13-22(31)14-8-17/h3,5-14,16,23-26H,2,4,15H2,1H3,(H2,32,34)/t23-,24-,25+,26-/m0/s1. The minimum atomic E-state index is -0.915. The summed E-state index contributed by atoms with van der Waals surface area (Å²) < 4.78 is 20.0. The van der Waals surface area contributed by atoms with Gasteiger partial charge in [0.2, 0.25) is 5.91 Å². The Balaban J connectivity index is 1.85. The summed E-state index contributed by atoms with van der Waals surface area (Å²) in [5, 5.41) is 1.06. The Kier molecular flexibility index (Phi) is 8.29. The fourth-order valence-electron chi connectivity index (χ4n) is 4.71. The van der Waals surface area contributed by atoms with Crippen LogP contribution >= 0.6 is 23.2 Å². The smallest absolute Gasteiger partial charge is 0.253 e. The highest BCUT2D eigenvalue weighted by molar-refractivity contribution is 6.30. The van der Waals surface area contributed by atoms with Crippen LogP contribution in [0.3, 0.4) is 0 Å². The zero-order valence-electron chi connectivity index (χ0n) is 19.7. The number of benzene rings is 3. The van der Waals surface area contributed by atoms with E-state index in [2.05, 4.69) is 0 Å². The molecule has 1 saturated heterocycles. The molecule has 4 atom stereocenters. The Labute approximate surface area is 219 Å². The van der Waals surface area contributed by atoms with E-state index in [1.165, 1.54) is 12.1 Å². The minimum absolute atomic E-state index is 0.206. The van der Waals surface area contributed by atoms with Crippen molar-refractivity contribution < 1.29 is 18.7 Å². The number of nitrogens with two attached hydrogens (primary N) is 1. The molecule has 0 saturated carbocycles. The van der Waals surface area contributed by atoms with Crippen LogP contribution in [0.1, 0.15) is 48.6 Å². The van der Waals surface area contributed by atoms with Gasteiger partial charge in [-0.15, -0.1) is 0 Å². The van der Waals surface area contributed by atoms with E-state index in [4.69, 9.17) is 33.7 Å². The lowest BCUT2D eigenvalue weighted by Crippen LogP contribution is -2.58. The highest BCUT2D eigenvalue weighted by Crippen LogP contribution is 2.44. The molecular weight excluding hydrogens is 502 g/mol. The molecule has 2 N–H and O–H groups in total. The maximum absolute atomic E-state index is 14.0. The van der Waals surface area contributed by atoms with Crippen LogP contribution in [0.2, 0.25) is 10.0 Å². The van der Waals surface area contributed by atoms with Gasteiger partial charge in [0.25, 0.3) is 5.91 Å². The van der Waals surface area contributed by atoms with Gasteiger partial charge in [0.05, 0.1) is 6.04 Å². The number of hydrogen-bond acceptors (Lipinski definition) is 3.